The van der Waals surface area contributed by atoms with Crippen LogP contribution in [0.2, 0.25) is 0 Å². The molecule has 1 atom stereocenters. The second kappa shape index (κ2) is 8.52. The Morgan fingerprint density at radius 2 is 1.50 bits per heavy atom. The van der Waals surface area contributed by atoms with Crippen LogP contribution in [0.25, 0.3) is 5.57 Å². The Kier molecular flexibility index (Phi) is 5.89. The van der Waals surface area contributed by atoms with Gasteiger partial charge >= 0.3 is 12.1 Å². The number of benzene rings is 2. The van der Waals surface area contributed by atoms with Gasteiger partial charge in [-0.25, -0.2) is 4.79 Å². The molecule has 28 heavy (non-hydrogen) atoms. The lowest BCUT2D eigenvalue weighted by molar-refractivity contribution is -0.142. The molecule has 0 spiro atoms. The molecule has 0 aliphatic heterocycles. The summed E-state index contributed by atoms with van der Waals surface area (Å²) >= 11 is 0. The third kappa shape index (κ3) is 4.85. The number of ether oxygens (including phenoxy) is 1. The largest absolute Gasteiger partial charge is 0.448 e. The molecule has 3 nitrogen and oxygen atoms in total. The highest BCUT2D eigenvalue weighted by Gasteiger charge is 2.35. The summed E-state index contributed by atoms with van der Waals surface area (Å²) in [4.78, 5) is 16.6. The Hall–Kier alpha value is -3.41. The van der Waals surface area contributed by atoms with Crippen LogP contribution in [0.4, 0.5) is 13.2 Å². The van der Waals surface area contributed by atoms with Crippen molar-refractivity contribution in [3.8, 4) is 0 Å². The van der Waals surface area contributed by atoms with E-state index in [1.165, 1.54) is 30.5 Å². The number of rotatable bonds is 5. The summed E-state index contributed by atoms with van der Waals surface area (Å²) in [5.41, 5.74) is -0.146. The first-order valence-electron chi connectivity index (χ1n) is 8.46. The number of allylic oxidation sites excluding steroid dienone is 1. The van der Waals surface area contributed by atoms with E-state index in [1.54, 1.807) is 54.6 Å². The molecule has 0 bridgehead atoms. The van der Waals surface area contributed by atoms with Crippen molar-refractivity contribution in [1.29, 1.82) is 0 Å². The second-order valence-corrected chi connectivity index (χ2v) is 5.90. The molecule has 0 fully saturated rings. The van der Waals surface area contributed by atoms with Gasteiger partial charge in [-0.3, -0.25) is 4.98 Å². The van der Waals surface area contributed by atoms with Crippen LogP contribution in [0, 0.1) is 0 Å². The number of carbonyl (C=O) groups excluding carboxylic acids is 1. The van der Waals surface area contributed by atoms with Gasteiger partial charge in [0.2, 0.25) is 0 Å². The summed E-state index contributed by atoms with van der Waals surface area (Å²) in [5, 5.41) is 0. The number of esters is 1. The van der Waals surface area contributed by atoms with Crippen molar-refractivity contribution in [1.82, 2.24) is 4.98 Å². The number of pyridine rings is 1. The summed E-state index contributed by atoms with van der Waals surface area (Å²) in [7, 11) is 0. The van der Waals surface area contributed by atoms with E-state index in [-0.39, 0.29) is 5.56 Å². The van der Waals surface area contributed by atoms with Gasteiger partial charge in [-0.1, -0.05) is 66.7 Å². The molecule has 6 heteroatoms. The van der Waals surface area contributed by atoms with Gasteiger partial charge in [0.1, 0.15) is 0 Å². The summed E-state index contributed by atoms with van der Waals surface area (Å²) < 4.78 is 45.8. The zero-order chi connectivity index (χ0) is 20.0. The number of hydrogen-bond acceptors (Lipinski definition) is 3. The minimum absolute atomic E-state index is 0.110. The highest BCUT2D eigenvalue weighted by atomic mass is 19.4. The maximum absolute atomic E-state index is 13.5. The van der Waals surface area contributed by atoms with E-state index in [9.17, 15) is 18.0 Å². The Morgan fingerprint density at radius 3 is 2.07 bits per heavy atom. The van der Waals surface area contributed by atoms with Crippen molar-refractivity contribution in [3.63, 3.8) is 0 Å². The average molecular weight is 383 g/mol. The van der Waals surface area contributed by atoms with Gasteiger partial charge in [-0.05, 0) is 23.3 Å². The Balaban J connectivity index is 1.94. The lowest BCUT2D eigenvalue weighted by Crippen LogP contribution is -2.16. The van der Waals surface area contributed by atoms with Gasteiger partial charge in [0.15, 0.2) is 6.10 Å². The predicted molar refractivity (Wildman–Crippen MR) is 99.1 cm³/mol. The van der Waals surface area contributed by atoms with E-state index in [2.05, 4.69) is 4.98 Å². The van der Waals surface area contributed by atoms with Crippen molar-refractivity contribution in [2.24, 2.45) is 0 Å². The molecule has 0 aliphatic carbocycles. The highest BCUT2D eigenvalue weighted by Crippen LogP contribution is 2.34. The molecule has 0 saturated carbocycles. The smallest absolute Gasteiger partial charge is 0.417 e. The Morgan fingerprint density at radius 1 is 0.893 bits per heavy atom. The van der Waals surface area contributed by atoms with Gasteiger partial charge < -0.3 is 4.74 Å². The quantitative estimate of drug-likeness (QED) is 0.440. The molecule has 1 heterocycles. The maximum atomic E-state index is 13.5. The van der Waals surface area contributed by atoms with Crippen molar-refractivity contribution in [3.05, 3.63) is 108 Å². The number of aromatic nitrogens is 1. The first-order chi connectivity index (χ1) is 13.4. The van der Waals surface area contributed by atoms with Gasteiger partial charge in [0.05, 0.1) is 11.3 Å². The first-order valence-corrected chi connectivity index (χ1v) is 8.46. The highest BCUT2D eigenvalue weighted by molar-refractivity contribution is 5.92. The summed E-state index contributed by atoms with van der Waals surface area (Å²) in [6.07, 6.45) is -3.61. The average Bonchev–Trinajstić information content (AvgIpc) is 2.71. The minimum Gasteiger partial charge on any atom is -0.448 e. The Bertz CT molecular complexity index is 900. The number of alkyl halides is 3. The zero-order valence-electron chi connectivity index (χ0n) is 14.6. The molecule has 142 valence electrons. The van der Waals surface area contributed by atoms with Crippen LogP contribution in [-0.4, -0.2) is 17.1 Å². The van der Waals surface area contributed by atoms with E-state index < -0.39 is 23.8 Å². The van der Waals surface area contributed by atoms with E-state index >= 15 is 0 Å². The molecule has 0 amide bonds. The van der Waals surface area contributed by atoms with Crippen LogP contribution in [0.5, 0.6) is 0 Å². The minimum atomic E-state index is -4.70. The molecule has 0 saturated heterocycles. The van der Waals surface area contributed by atoms with E-state index in [0.29, 0.717) is 17.3 Å². The van der Waals surface area contributed by atoms with Crippen LogP contribution in [0.3, 0.4) is 0 Å². The maximum Gasteiger partial charge on any atom is 0.417 e. The fraction of sp³-hybridized carbons (Fsp3) is 0.0909. The normalized spacial score (nSPS) is 13.0. The summed E-state index contributed by atoms with van der Waals surface area (Å²) in [5.74, 6) is -1.10. The van der Waals surface area contributed by atoms with Gasteiger partial charge in [-0.2, -0.15) is 13.2 Å². The van der Waals surface area contributed by atoms with E-state index in [0.717, 1.165) is 0 Å². The Labute approximate surface area is 160 Å². The van der Waals surface area contributed by atoms with E-state index in [1.807, 2.05) is 0 Å². The molecule has 0 radical (unpaired) electrons. The van der Waals surface area contributed by atoms with E-state index in [4.69, 9.17) is 4.74 Å². The molecule has 1 aromatic heterocycles. The SMILES string of the molecule is O=C(/C=C(\c1ccccc1)C(F)(F)F)OC(c1ccccc1)c1ccccn1. The number of hydrogen-bond donors (Lipinski definition) is 0. The summed E-state index contributed by atoms with van der Waals surface area (Å²) in [6.45, 7) is 0. The molecular formula is C22H16F3NO2. The second-order valence-electron chi connectivity index (χ2n) is 5.90. The van der Waals surface area contributed by atoms with Crippen LogP contribution in [-0.2, 0) is 9.53 Å². The number of carbonyl (C=O) groups is 1. The van der Waals surface area contributed by atoms with Crippen LogP contribution >= 0.6 is 0 Å². The molecule has 0 N–H and O–H groups in total. The van der Waals surface area contributed by atoms with Crippen molar-refractivity contribution < 1.29 is 22.7 Å². The molecular weight excluding hydrogens is 367 g/mol. The lowest BCUT2D eigenvalue weighted by atomic mass is 10.0. The van der Waals surface area contributed by atoms with Gasteiger partial charge in [0.25, 0.3) is 0 Å². The fourth-order valence-electron chi connectivity index (χ4n) is 2.67. The van der Waals surface area contributed by atoms with Crippen LogP contribution < -0.4 is 0 Å². The third-order valence-electron chi connectivity index (χ3n) is 3.95. The zero-order valence-corrected chi connectivity index (χ0v) is 14.6. The fourth-order valence-corrected chi connectivity index (χ4v) is 2.67. The molecule has 2 aromatic carbocycles. The number of halogens is 3. The van der Waals surface area contributed by atoms with Gasteiger partial charge in [-0.15, -0.1) is 0 Å². The topological polar surface area (TPSA) is 39.2 Å². The molecule has 3 aromatic rings. The van der Waals surface area contributed by atoms with Crippen LogP contribution in [0.15, 0.2) is 91.1 Å². The third-order valence-corrected chi connectivity index (χ3v) is 3.95. The van der Waals surface area contributed by atoms with Crippen molar-refractivity contribution in [2.45, 2.75) is 12.3 Å². The van der Waals surface area contributed by atoms with Crippen molar-refractivity contribution >= 4 is 11.5 Å². The van der Waals surface area contributed by atoms with Crippen LogP contribution in [0.1, 0.15) is 22.9 Å². The predicted octanol–water partition coefficient (Wildman–Crippen LogP) is 5.36. The molecule has 1 unspecified atom stereocenters. The van der Waals surface area contributed by atoms with Gasteiger partial charge in [0, 0.05) is 12.3 Å². The van der Waals surface area contributed by atoms with Crippen molar-refractivity contribution in [2.75, 3.05) is 0 Å². The standard InChI is InChI=1S/C22H16F3NO2/c23-22(24,25)18(16-9-3-1-4-10-16)15-20(27)28-21(17-11-5-2-6-12-17)19-13-7-8-14-26-19/h1-15,21H/b18-15+. The molecule has 3 rings (SSSR count). The first kappa shape index (κ1) is 19.4. The lowest BCUT2D eigenvalue weighted by Gasteiger charge is -2.18. The summed E-state index contributed by atoms with van der Waals surface area (Å²) in [6, 6.07) is 20.9. The molecule has 0 aliphatic rings. The number of nitrogens with zero attached hydrogens (tertiary/aromatic N) is 1. The monoisotopic (exact) mass is 383 g/mol.